The summed E-state index contributed by atoms with van der Waals surface area (Å²) in [5.41, 5.74) is 1.75. The fraction of sp³-hybridized carbons (Fsp3) is 0.0588. The molecule has 0 unspecified atom stereocenters. The average Bonchev–Trinajstić information content (AvgIpc) is 3.22. The molecule has 0 amide bonds. The second kappa shape index (κ2) is 6.43. The normalized spacial score (nSPS) is 11.6. The molecule has 0 aliphatic carbocycles. The van der Waals surface area contributed by atoms with Gasteiger partial charge < -0.3 is 4.74 Å². The number of nitrogens with zero attached hydrogens (tertiary/aromatic N) is 3. The fourth-order valence-electron chi connectivity index (χ4n) is 2.46. The van der Waals surface area contributed by atoms with Crippen LogP contribution in [0, 0.1) is 0 Å². The van der Waals surface area contributed by atoms with Gasteiger partial charge in [0, 0.05) is 10.9 Å². The summed E-state index contributed by atoms with van der Waals surface area (Å²) in [4.78, 5) is 5.02. The van der Waals surface area contributed by atoms with E-state index in [1.54, 1.807) is 29.8 Å². The number of benzene rings is 2. The van der Waals surface area contributed by atoms with Gasteiger partial charge >= 0.3 is 0 Å². The first-order valence-electron chi connectivity index (χ1n) is 7.63. The van der Waals surface area contributed by atoms with Gasteiger partial charge in [-0.05, 0) is 36.4 Å². The Labute approximate surface area is 154 Å². The molecular formula is C17H14N4O3S2. The van der Waals surface area contributed by atoms with Crippen molar-refractivity contribution >= 4 is 32.3 Å². The smallest absolute Gasteiger partial charge is 0.264 e. The van der Waals surface area contributed by atoms with Gasteiger partial charge in [-0.2, -0.15) is 4.98 Å². The number of ether oxygens (including phenoxy) is 1. The lowest BCUT2D eigenvalue weighted by atomic mass is 10.2. The summed E-state index contributed by atoms with van der Waals surface area (Å²) >= 11 is 1.38. The van der Waals surface area contributed by atoms with E-state index in [0.717, 1.165) is 17.0 Å². The predicted molar refractivity (Wildman–Crippen MR) is 100 cm³/mol. The molecule has 7 nitrogen and oxygen atoms in total. The maximum absolute atomic E-state index is 12.4. The molecule has 0 aliphatic rings. The second-order valence-corrected chi connectivity index (χ2v) is 7.92. The van der Waals surface area contributed by atoms with Crippen molar-refractivity contribution in [3.63, 3.8) is 0 Å². The highest BCUT2D eigenvalue weighted by atomic mass is 32.2. The monoisotopic (exact) mass is 386 g/mol. The molecule has 2 aromatic carbocycles. The van der Waals surface area contributed by atoms with Crippen molar-refractivity contribution in [1.29, 1.82) is 0 Å². The van der Waals surface area contributed by atoms with E-state index in [0.29, 0.717) is 4.96 Å². The number of nitrogens with one attached hydrogen (secondary N) is 1. The molecule has 2 aromatic heterocycles. The maximum Gasteiger partial charge on any atom is 0.264 e. The minimum absolute atomic E-state index is 0.0375. The number of anilines is 1. The van der Waals surface area contributed by atoms with Gasteiger partial charge in [0.25, 0.3) is 16.0 Å². The molecule has 2 heterocycles. The lowest BCUT2D eigenvalue weighted by Crippen LogP contribution is -2.14. The molecular weight excluding hydrogens is 372 g/mol. The predicted octanol–water partition coefficient (Wildman–Crippen LogP) is 3.27. The summed E-state index contributed by atoms with van der Waals surface area (Å²) in [7, 11) is -2.11. The van der Waals surface area contributed by atoms with Gasteiger partial charge in [0.2, 0.25) is 4.96 Å². The minimum atomic E-state index is -3.73. The molecule has 0 radical (unpaired) electrons. The third kappa shape index (κ3) is 3.02. The van der Waals surface area contributed by atoms with Crippen LogP contribution in [0.2, 0.25) is 0 Å². The summed E-state index contributed by atoms with van der Waals surface area (Å²) < 4.78 is 34.0. The molecule has 0 atom stereocenters. The Morgan fingerprint density at radius 1 is 1.08 bits per heavy atom. The van der Waals surface area contributed by atoms with Crippen molar-refractivity contribution in [2.24, 2.45) is 0 Å². The zero-order chi connectivity index (χ0) is 18.1. The van der Waals surface area contributed by atoms with Crippen LogP contribution in [0.3, 0.4) is 0 Å². The standard InChI is InChI=1S/C17H14N4O3S2/c1-24-13-9-7-12(8-10-13)15-11-25-17-18-16(19-21(15)17)20-26(22,23)14-5-3-2-4-6-14/h2-11H,1H3,(H,19,20). The number of thiazole rings is 1. The first-order chi connectivity index (χ1) is 12.6. The Kier molecular flexibility index (Phi) is 4.09. The molecule has 1 N–H and O–H groups in total. The molecule has 0 saturated heterocycles. The van der Waals surface area contributed by atoms with Crippen LogP contribution in [0.4, 0.5) is 5.95 Å². The molecule has 0 spiro atoms. The molecule has 26 heavy (non-hydrogen) atoms. The molecule has 4 aromatic rings. The van der Waals surface area contributed by atoms with Crippen molar-refractivity contribution in [2.75, 3.05) is 11.8 Å². The van der Waals surface area contributed by atoms with Crippen molar-refractivity contribution in [3.8, 4) is 17.0 Å². The number of fused-ring (bicyclic) bond motifs is 1. The van der Waals surface area contributed by atoms with Gasteiger partial charge in [-0.1, -0.05) is 18.2 Å². The van der Waals surface area contributed by atoms with Crippen LogP contribution >= 0.6 is 11.3 Å². The van der Waals surface area contributed by atoms with E-state index >= 15 is 0 Å². The van der Waals surface area contributed by atoms with E-state index in [9.17, 15) is 8.42 Å². The van der Waals surface area contributed by atoms with Crippen molar-refractivity contribution in [3.05, 3.63) is 60.0 Å². The molecule has 9 heteroatoms. The lowest BCUT2D eigenvalue weighted by molar-refractivity contribution is 0.415. The first kappa shape index (κ1) is 16.6. The zero-order valence-electron chi connectivity index (χ0n) is 13.7. The van der Waals surface area contributed by atoms with E-state index in [2.05, 4.69) is 14.8 Å². The summed E-state index contributed by atoms with van der Waals surface area (Å²) in [6.07, 6.45) is 0. The van der Waals surface area contributed by atoms with Gasteiger partial charge in [0.1, 0.15) is 5.75 Å². The third-order valence-electron chi connectivity index (χ3n) is 3.75. The Morgan fingerprint density at radius 2 is 1.81 bits per heavy atom. The third-order valence-corrected chi connectivity index (χ3v) is 5.91. The number of hydrogen-bond donors (Lipinski definition) is 1. The summed E-state index contributed by atoms with van der Waals surface area (Å²) in [5, 5.41) is 6.22. The van der Waals surface area contributed by atoms with Gasteiger partial charge in [-0.15, -0.1) is 16.4 Å². The summed E-state index contributed by atoms with van der Waals surface area (Å²) in [6.45, 7) is 0. The van der Waals surface area contributed by atoms with E-state index < -0.39 is 10.0 Å². The Balaban J connectivity index is 1.67. The van der Waals surface area contributed by atoms with Gasteiger partial charge in [0.05, 0.1) is 17.7 Å². The Morgan fingerprint density at radius 3 is 2.50 bits per heavy atom. The van der Waals surface area contributed by atoms with E-state index in [1.807, 2.05) is 29.6 Å². The van der Waals surface area contributed by atoms with E-state index in [4.69, 9.17) is 4.74 Å². The first-order valence-corrected chi connectivity index (χ1v) is 10.00. The average molecular weight is 386 g/mol. The van der Waals surface area contributed by atoms with Crippen LogP contribution in [0.25, 0.3) is 16.2 Å². The van der Waals surface area contributed by atoms with E-state index in [-0.39, 0.29) is 10.8 Å². The number of methoxy groups -OCH3 is 1. The van der Waals surface area contributed by atoms with Crippen molar-refractivity contribution in [2.45, 2.75) is 4.90 Å². The highest BCUT2D eigenvalue weighted by Crippen LogP contribution is 2.27. The molecule has 0 saturated carbocycles. The summed E-state index contributed by atoms with van der Waals surface area (Å²) in [5.74, 6) is 0.797. The zero-order valence-corrected chi connectivity index (χ0v) is 15.3. The van der Waals surface area contributed by atoms with Gasteiger partial charge in [0.15, 0.2) is 0 Å². The largest absolute Gasteiger partial charge is 0.497 e. The number of aromatic nitrogens is 3. The molecule has 0 fully saturated rings. The Bertz CT molecular complexity index is 1150. The lowest BCUT2D eigenvalue weighted by Gasteiger charge is -2.04. The molecule has 132 valence electrons. The fourth-order valence-corrected chi connectivity index (χ4v) is 4.25. The van der Waals surface area contributed by atoms with Crippen LogP contribution < -0.4 is 9.46 Å². The van der Waals surface area contributed by atoms with Crippen molar-refractivity contribution in [1.82, 2.24) is 14.6 Å². The highest BCUT2D eigenvalue weighted by Gasteiger charge is 2.18. The molecule has 0 aliphatic heterocycles. The van der Waals surface area contributed by atoms with Crippen LogP contribution in [-0.2, 0) is 10.0 Å². The number of sulfonamides is 1. The van der Waals surface area contributed by atoms with Crippen LogP contribution in [0.15, 0.2) is 64.9 Å². The Hall–Kier alpha value is -2.91. The number of rotatable bonds is 5. The van der Waals surface area contributed by atoms with E-state index in [1.165, 1.54) is 23.5 Å². The van der Waals surface area contributed by atoms with Crippen LogP contribution in [0.1, 0.15) is 0 Å². The van der Waals surface area contributed by atoms with Crippen LogP contribution in [0.5, 0.6) is 5.75 Å². The van der Waals surface area contributed by atoms with Gasteiger partial charge in [-0.3, -0.25) is 0 Å². The second-order valence-electron chi connectivity index (χ2n) is 5.40. The van der Waals surface area contributed by atoms with Gasteiger partial charge in [-0.25, -0.2) is 17.7 Å². The topological polar surface area (TPSA) is 85.6 Å². The number of hydrogen-bond acceptors (Lipinski definition) is 6. The SMILES string of the molecule is COc1ccc(-c2csc3nc(NS(=O)(=O)c4ccccc4)nn23)cc1. The molecule has 0 bridgehead atoms. The maximum atomic E-state index is 12.4. The van der Waals surface area contributed by atoms with Crippen LogP contribution in [-0.4, -0.2) is 30.1 Å². The quantitative estimate of drug-likeness (QED) is 0.569. The molecule has 4 rings (SSSR count). The highest BCUT2D eigenvalue weighted by molar-refractivity contribution is 7.92. The van der Waals surface area contributed by atoms with Crippen molar-refractivity contribution < 1.29 is 13.2 Å². The summed E-state index contributed by atoms with van der Waals surface area (Å²) in [6, 6.07) is 15.7. The minimum Gasteiger partial charge on any atom is -0.497 e.